The number of anilines is 1. The van der Waals surface area contributed by atoms with Crippen LogP contribution in [0, 0.1) is 17.0 Å². The summed E-state index contributed by atoms with van der Waals surface area (Å²) < 4.78 is 5.27. The lowest BCUT2D eigenvalue weighted by atomic mass is 10.2. The Bertz CT molecular complexity index is 863. The Morgan fingerprint density at radius 1 is 1.29 bits per heavy atom. The Kier molecular flexibility index (Phi) is 4.19. The zero-order chi connectivity index (χ0) is 17.1. The van der Waals surface area contributed by atoms with Crippen LogP contribution in [0.3, 0.4) is 0 Å². The van der Waals surface area contributed by atoms with Crippen molar-refractivity contribution in [2.24, 2.45) is 0 Å². The molecule has 0 saturated heterocycles. The second-order valence-electron chi connectivity index (χ2n) is 5.30. The summed E-state index contributed by atoms with van der Waals surface area (Å²) in [4.78, 5) is 18.8. The Morgan fingerprint density at radius 2 is 2.04 bits per heavy atom. The lowest BCUT2D eigenvalue weighted by molar-refractivity contribution is -0.385. The van der Waals surface area contributed by atoms with Crippen molar-refractivity contribution in [3.63, 3.8) is 0 Å². The van der Waals surface area contributed by atoms with Gasteiger partial charge in [-0.3, -0.25) is 10.1 Å². The number of hydrogen-bond acceptors (Lipinski definition) is 7. The van der Waals surface area contributed by atoms with Crippen LogP contribution in [-0.4, -0.2) is 20.0 Å². The van der Waals surface area contributed by atoms with E-state index in [-0.39, 0.29) is 11.7 Å². The van der Waals surface area contributed by atoms with Gasteiger partial charge in [-0.25, -0.2) is 4.98 Å². The molecule has 0 bridgehead atoms. The lowest BCUT2D eigenvalue weighted by Crippen LogP contribution is -2.10. The van der Waals surface area contributed by atoms with Crippen LogP contribution >= 0.6 is 0 Å². The van der Waals surface area contributed by atoms with Gasteiger partial charge in [0.05, 0.1) is 11.0 Å². The minimum atomic E-state index is -0.457. The first-order chi connectivity index (χ1) is 11.5. The van der Waals surface area contributed by atoms with Gasteiger partial charge in [-0.2, -0.15) is 4.98 Å². The summed E-state index contributed by atoms with van der Waals surface area (Å²) in [6.07, 6.45) is 1.23. The van der Waals surface area contributed by atoms with E-state index in [4.69, 9.17) is 4.52 Å². The summed E-state index contributed by atoms with van der Waals surface area (Å²) in [5, 5.41) is 17.9. The van der Waals surface area contributed by atoms with Crippen molar-refractivity contribution in [2.75, 3.05) is 5.32 Å². The average molecular weight is 325 g/mol. The normalized spacial score (nSPS) is 11.9. The van der Waals surface area contributed by atoms with Gasteiger partial charge in [-0.1, -0.05) is 23.4 Å². The molecule has 0 fully saturated rings. The first-order valence-electron chi connectivity index (χ1n) is 7.31. The van der Waals surface area contributed by atoms with E-state index in [0.29, 0.717) is 23.1 Å². The molecule has 0 aliphatic heterocycles. The number of aryl methyl sites for hydroxylation is 1. The van der Waals surface area contributed by atoms with Gasteiger partial charge in [-0.15, -0.1) is 0 Å². The highest BCUT2D eigenvalue weighted by atomic mass is 16.6. The molecule has 0 spiro atoms. The summed E-state index contributed by atoms with van der Waals surface area (Å²) in [6.45, 7) is 3.52. The molecule has 0 radical (unpaired) electrons. The van der Waals surface area contributed by atoms with Crippen LogP contribution in [-0.2, 0) is 0 Å². The molecule has 3 aromatic rings. The fourth-order valence-electron chi connectivity index (χ4n) is 2.21. The van der Waals surface area contributed by atoms with E-state index in [9.17, 15) is 10.1 Å². The van der Waals surface area contributed by atoms with Gasteiger partial charge in [0.25, 0.3) is 11.6 Å². The maximum absolute atomic E-state index is 10.8. The Balaban J connectivity index is 1.76. The molecule has 122 valence electrons. The van der Waals surface area contributed by atoms with Gasteiger partial charge in [-0.05, 0) is 32.0 Å². The van der Waals surface area contributed by atoms with Gasteiger partial charge in [0, 0.05) is 11.1 Å². The van der Waals surface area contributed by atoms with Crippen LogP contribution in [0.5, 0.6) is 0 Å². The summed E-state index contributed by atoms with van der Waals surface area (Å²) >= 11 is 0. The molecule has 2 aromatic heterocycles. The first kappa shape index (κ1) is 15.6. The molecule has 8 heteroatoms. The van der Waals surface area contributed by atoms with Crippen LogP contribution < -0.4 is 5.32 Å². The van der Waals surface area contributed by atoms with E-state index in [1.807, 2.05) is 37.3 Å². The highest BCUT2D eigenvalue weighted by molar-refractivity contribution is 5.52. The van der Waals surface area contributed by atoms with Gasteiger partial charge in [0.15, 0.2) is 5.82 Å². The molecule has 24 heavy (non-hydrogen) atoms. The number of nitro groups is 1. The van der Waals surface area contributed by atoms with Crippen molar-refractivity contribution in [3.05, 3.63) is 64.1 Å². The molecular weight excluding hydrogens is 310 g/mol. The van der Waals surface area contributed by atoms with Gasteiger partial charge >= 0.3 is 0 Å². The zero-order valence-corrected chi connectivity index (χ0v) is 13.1. The van der Waals surface area contributed by atoms with Crippen molar-refractivity contribution < 1.29 is 9.45 Å². The van der Waals surface area contributed by atoms with Crippen molar-refractivity contribution in [3.8, 4) is 11.5 Å². The minimum Gasteiger partial charge on any atom is -0.360 e. The van der Waals surface area contributed by atoms with Crippen molar-refractivity contribution in [1.29, 1.82) is 0 Å². The van der Waals surface area contributed by atoms with E-state index in [1.54, 1.807) is 13.0 Å². The Labute approximate surface area is 137 Å². The number of benzene rings is 1. The molecule has 1 aromatic carbocycles. The van der Waals surface area contributed by atoms with E-state index in [2.05, 4.69) is 20.4 Å². The second-order valence-corrected chi connectivity index (χ2v) is 5.30. The SMILES string of the molecule is Cc1cc(NC(C)c2noc(-c3ccccc3)n2)ncc1[N+](=O)[O-]. The predicted molar refractivity (Wildman–Crippen MR) is 87.4 cm³/mol. The van der Waals surface area contributed by atoms with Gasteiger partial charge < -0.3 is 9.84 Å². The number of pyridine rings is 1. The third kappa shape index (κ3) is 3.22. The average Bonchev–Trinajstić information content (AvgIpc) is 3.05. The smallest absolute Gasteiger partial charge is 0.290 e. The van der Waals surface area contributed by atoms with E-state index < -0.39 is 4.92 Å². The monoisotopic (exact) mass is 325 g/mol. The van der Waals surface area contributed by atoms with Crippen LogP contribution in [0.4, 0.5) is 11.5 Å². The Hall–Kier alpha value is -3.29. The highest BCUT2D eigenvalue weighted by Crippen LogP contribution is 2.23. The van der Waals surface area contributed by atoms with Gasteiger partial charge in [0.1, 0.15) is 12.0 Å². The summed E-state index contributed by atoms with van der Waals surface area (Å²) in [5.74, 6) is 1.43. The van der Waals surface area contributed by atoms with Crippen LogP contribution in [0.1, 0.15) is 24.4 Å². The van der Waals surface area contributed by atoms with Crippen LogP contribution in [0.25, 0.3) is 11.5 Å². The second kappa shape index (κ2) is 6.45. The van der Waals surface area contributed by atoms with Crippen molar-refractivity contribution in [1.82, 2.24) is 15.1 Å². The lowest BCUT2D eigenvalue weighted by Gasteiger charge is -2.10. The number of nitrogens with zero attached hydrogens (tertiary/aromatic N) is 4. The number of nitrogens with one attached hydrogen (secondary N) is 1. The third-order valence-electron chi connectivity index (χ3n) is 3.49. The maximum atomic E-state index is 10.8. The first-order valence-corrected chi connectivity index (χ1v) is 7.31. The van der Waals surface area contributed by atoms with Gasteiger partial charge in [0.2, 0.25) is 0 Å². The quantitative estimate of drug-likeness (QED) is 0.565. The zero-order valence-electron chi connectivity index (χ0n) is 13.1. The van der Waals surface area contributed by atoms with E-state index in [0.717, 1.165) is 5.56 Å². The molecule has 0 amide bonds. The number of hydrogen-bond donors (Lipinski definition) is 1. The molecule has 0 saturated carbocycles. The standard InChI is InChI=1S/C16H15N5O3/c1-10-8-14(17-9-13(10)21(22)23)18-11(2)15-19-16(24-20-15)12-6-4-3-5-7-12/h3-9,11H,1-2H3,(H,17,18). The van der Waals surface area contributed by atoms with Crippen LogP contribution in [0.2, 0.25) is 0 Å². The third-order valence-corrected chi connectivity index (χ3v) is 3.49. The minimum absolute atomic E-state index is 0.0147. The van der Waals surface area contributed by atoms with Crippen molar-refractivity contribution in [2.45, 2.75) is 19.9 Å². The highest BCUT2D eigenvalue weighted by Gasteiger charge is 2.17. The van der Waals surface area contributed by atoms with Crippen LogP contribution in [0.15, 0.2) is 47.1 Å². The molecule has 2 heterocycles. The largest absolute Gasteiger partial charge is 0.360 e. The number of aromatic nitrogens is 3. The molecule has 3 rings (SSSR count). The summed E-state index contributed by atoms with van der Waals surface area (Å²) in [5.41, 5.74) is 1.36. The topological polar surface area (TPSA) is 107 Å². The molecule has 0 aliphatic carbocycles. The maximum Gasteiger partial charge on any atom is 0.290 e. The Morgan fingerprint density at radius 3 is 2.71 bits per heavy atom. The molecular formula is C16H15N5O3. The number of rotatable bonds is 5. The van der Waals surface area contributed by atoms with E-state index >= 15 is 0 Å². The fourth-order valence-corrected chi connectivity index (χ4v) is 2.21. The molecule has 1 unspecified atom stereocenters. The predicted octanol–water partition coefficient (Wildman–Crippen LogP) is 3.52. The molecule has 8 nitrogen and oxygen atoms in total. The molecule has 1 atom stereocenters. The van der Waals surface area contributed by atoms with E-state index in [1.165, 1.54) is 6.20 Å². The van der Waals surface area contributed by atoms with Crippen molar-refractivity contribution >= 4 is 11.5 Å². The fraction of sp³-hybridized carbons (Fsp3) is 0.188. The molecule has 0 aliphatic rings. The summed E-state index contributed by atoms with van der Waals surface area (Å²) in [6, 6.07) is 10.8. The summed E-state index contributed by atoms with van der Waals surface area (Å²) in [7, 11) is 0. The molecule has 1 N–H and O–H groups in total.